The van der Waals surface area contributed by atoms with Crippen molar-refractivity contribution in [2.24, 2.45) is 0 Å². The number of allylic oxidation sites excluding steroid dienone is 1. The number of carbonyl (C=O) groups excluding carboxylic acids is 2. The van der Waals surface area contributed by atoms with E-state index >= 15 is 0 Å². The van der Waals surface area contributed by atoms with E-state index in [1.54, 1.807) is 19.9 Å². The van der Waals surface area contributed by atoms with Crippen molar-refractivity contribution in [3.63, 3.8) is 0 Å². The van der Waals surface area contributed by atoms with Crippen molar-refractivity contribution in [1.29, 1.82) is 0 Å². The molecule has 0 aromatic carbocycles. The van der Waals surface area contributed by atoms with Gasteiger partial charge in [0.15, 0.2) is 0 Å². The topological polar surface area (TPSA) is 67.4 Å². The molecule has 1 heterocycles. The highest BCUT2D eigenvalue weighted by molar-refractivity contribution is 5.80. The summed E-state index contributed by atoms with van der Waals surface area (Å²) in [6.07, 6.45) is 3.91. The summed E-state index contributed by atoms with van der Waals surface area (Å²) in [6.45, 7) is 3.80. The van der Waals surface area contributed by atoms with Crippen LogP contribution in [0, 0.1) is 0 Å². The molecule has 0 saturated heterocycles. The van der Waals surface area contributed by atoms with Gasteiger partial charge in [0.25, 0.3) is 0 Å². The minimum Gasteiger partial charge on any atom is -0.495 e. The summed E-state index contributed by atoms with van der Waals surface area (Å²) in [4.78, 5) is 22.5. The number of nitrogens with one attached hydrogen (secondary N) is 2. The van der Waals surface area contributed by atoms with Crippen molar-refractivity contribution in [2.75, 3.05) is 6.61 Å². The number of carbonyl (C=O) groups is 2. The maximum Gasteiger partial charge on any atom is 0.224 e. The lowest BCUT2D eigenvalue weighted by atomic mass is 10.2. The summed E-state index contributed by atoms with van der Waals surface area (Å²) in [7, 11) is 0. The quantitative estimate of drug-likeness (QED) is 0.742. The fraction of sp³-hybridized carbons (Fsp3) is 0.455. The first-order chi connectivity index (χ1) is 7.67. The molecule has 0 aromatic rings. The number of amides is 2. The van der Waals surface area contributed by atoms with Crippen molar-refractivity contribution in [3.05, 3.63) is 23.7 Å². The predicted octanol–water partition coefficient (Wildman–Crippen LogP) is 0.794. The number of hydrogen-bond donors (Lipinski definition) is 2. The second-order valence-electron chi connectivity index (χ2n) is 3.31. The summed E-state index contributed by atoms with van der Waals surface area (Å²) < 4.78 is 5.07. The number of hydrogen-bond acceptors (Lipinski definition) is 3. The molecule has 0 fully saturated rings. The van der Waals surface area contributed by atoms with Crippen LogP contribution in [0.1, 0.15) is 26.7 Å². The Balaban J connectivity index is 2.75. The Bertz CT molecular complexity index is 345. The van der Waals surface area contributed by atoms with Crippen molar-refractivity contribution in [2.45, 2.75) is 26.7 Å². The van der Waals surface area contributed by atoms with E-state index in [0.29, 0.717) is 24.2 Å². The molecule has 5 nitrogen and oxygen atoms in total. The summed E-state index contributed by atoms with van der Waals surface area (Å²) in [5, 5.41) is 5.41. The molecule has 0 aromatic heterocycles. The Kier molecular flexibility index (Phi) is 4.57. The molecule has 1 aliphatic heterocycles. The maximum absolute atomic E-state index is 11.2. The van der Waals surface area contributed by atoms with Crippen LogP contribution >= 0.6 is 0 Å². The fourth-order valence-corrected chi connectivity index (χ4v) is 1.14. The van der Waals surface area contributed by atoms with Crippen LogP contribution in [0.2, 0.25) is 0 Å². The number of rotatable bonds is 4. The maximum atomic E-state index is 11.2. The summed E-state index contributed by atoms with van der Waals surface area (Å²) in [5.74, 6) is -0.193. The van der Waals surface area contributed by atoms with Crippen LogP contribution in [-0.4, -0.2) is 18.4 Å². The molecule has 88 valence electrons. The zero-order valence-corrected chi connectivity index (χ0v) is 9.50. The predicted molar refractivity (Wildman–Crippen MR) is 59.0 cm³/mol. The van der Waals surface area contributed by atoms with Gasteiger partial charge < -0.3 is 15.4 Å². The molecule has 0 saturated carbocycles. The minimum absolute atomic E-state index is 0.0928. The van der Waals surface area contributed by atoms with Crippen LogP contribution in [0.3, 0.4) is 0 Å². The monoisotopic (exact) mass is 224 g/mol. The Morgan fingerprint density at radius 1 is 1.25 bits per heavy atom. The molecule has 0 radical (unpaired) electrons. The van der Waals surface area contributed by atoms with Crippen LogP contribution in [0.25, 0.3) is 0 Å². The van der Waals surface area contributed by atoms with E-state index in [1.807, 2.05) is 0 Å². The Hall–Kier alpha value is -1.78. The minimum atomic E-state index is -0.0999. The van der Waals surface area contributed by atoms with Crippen molar-refractivity contribution in [1.82, 2.24) is 10.6 Å². The first-order valence-corrected chi connectivity index (χ1v) is 5.28. The molecular formula is C11H16N2O3. The molecule has 2 N–H and O–H groups in total. The lowest BCUT2D eigenvalue weighted by molar-refractivity contribution is -0.121. The zero-order valence-electron chi connectivity index (χ0n) is 9.50. The molecule has 0 bridgehead atoms. The smallest absolute Gasteiger partial charge is 0.224 e. The van der Waals surface area contributed by atoms with Crippen molar-refractivity contribution in [3.8, 4) is 0 Å². The van der Waals surface area contributed by atoms with Crippen LogP contribution in [-0.2, 0) is 14.3 Å². The highest BCUT2D eigenvalue weighted by atomic mass is 16.5. The Morgan fingerprint density at radius 3 is 2.50 bits per heavy atom. The molecule has 5 heteroatoms. The summed E-state index contributed by atoms with van der Waals surface area (Å²) in [5.41, 5.74) is 1.19. The third kappa shape index (κ3) is 3.42. The van der Waals surface area contributed by atoms with Gasteiger partial charge in [-0.25, -0.2) is 0 Å². The molecule has 2 amide bonds. The van der Waals surface area contributed by atoms with Crippen LogP contribution < -0.4 is 10.6 Å². The SMILES string of the molecule is CCC(=O)NC1=C(NC(=O)CC)COC=C1. The van der Waals surface area contributed by atoms with Crippen LogP contribution in [0.4, 0.5) is 0 Å². The molecule has 0 aliphatic carbocycles. The van der Waals surface area contributed by atoms with Gasteiger partial charge in [0.2, 0.25) is 11.8 Å². The van der Waals surface area contributed by atoms with E-state index < -0.39 is 0 Å². The second-order valence-corrected chi connectivity index (χ2v) is 3.31. The first-order valence-electron chi connectivity index (χ1n) is 5.28. The fourth-order valence-electron chi connectivity index (χ4n) is 1.14. The highest BCUT2D eigenvalue weighted by Gasteiger charge is 2.13. The van der Waals surface area contributed by atoms with Gasteiger partial charge >= 0.3 is 0 Å². The number of ether oxygens (including phenoxy) is 1. The summed E-state index contributed by atoms with van der Waals surface area (Å²) >= 11 is 0. The Labute approximate surface area is 94.5 Å². The third-order valence-electron chi connectivity index (χ3n) is 2.09. The first kappa shape index (κ1) is 12.3. The normalized spacial score (nSPS) is 14.4. The average Bonchev–Trinajstić information content (AvgIpc) is 2.31. The largest absolute Gasteiger partial charge is 0.495 e. The van der Waals surface area contributed by atoms with Gasteiger partial charge in [0, 0.05) is 12.8 Å². The van der Waals surface area contributed by atoms with Crippen LogP contribution in [0.15, 0.2) is 23.7 Å². The molecule has 1 rings (SSSR count). The molecular weight excluding hydrogens is 208 g/mol. The molecule has 0 spiro atoms. The molecule has 0 atom stereocenters. The van der Waals surface area contributed by atoms with Gasteiger partial charge in [-0.3, -0.25) is 9.59 Å². The average molecular weight is 224 g/mol. The van der Waals surface area contributed by atoms with Gasteiger partial charge in [-0.1, -0.05) is 13.8 Å². The van der Waals surface area contributed by atoms with Gasteiger partial charge in [0.05, 0.1) is 17.7 Å². The molecule has 1 aliphatic rings. The van der Waals surface area contributed by atoms with Gasteiger partial charge in [0.1, 0.15) is 6.61 Å². The van der Waals surface area contributed by atoms with E-state index in [1.165, 1.54) is 6.26 Å². The standard InChI is InChI=1S/C11H16N2O3/c1-3-10(14)12-8-5-6-16-7-9(8)13-11(15)4-2/h5-6H,3-4,7H2,1-2H3,(H,12,14)(H,13,15). The summed E-state index contributed by atoms with van der Waals surface area (Å²) in [6, 6.07) is 0. The van der Waals surface area contributed by atoms with E-state index in [0.717, 1.165) is 0 Å². The lowest BCUT2D eigenvalue weighted by Crippen LogP contribution is -2.32. The van der Waals surface area contributed by atoms with Gasteiger partial charge in [-0.05, 0) is 6.08 Å². The third-order valence-corrected chi connectivity index (χ3v) is 2.09. The highest BCUT2D eigenvalue weighted by Crippen LogP contribution is 2.08. The zero-order chi connectivity index (χ0) is 12.0. The van der Waals surface area contributed by atoms with Gasteiger partial charge in [-0.2, -0.15) is 0 Å². The van der Waals surface area contributed by atoms with E-state index in [9.17, 15) is 9.59 Å². The Morgan fingerprint density at radius 2 is 1.88 bits per heavy atom. The molecule has 16 heavy (non-hydrogen) atoms. The lowest BCUT2D eigenvalue weighted by Gasteiger charge is -2.17. The van der Waals surface area contributed by atoms with Gasteiger partial charge in [-0.15, -0.1) is 0 Å². The van der Waals surface area contributed by atoms with E-state index in [4.69, 9.17) is 4.74 Å². The van der Waals surface area contributed by atoms with Crippen molar-refractivity contribution >= 4 is 11.8 Å². The molecule has 0 unspecified atom stereocenters. The van der Waals surface area contributed by atoms with Crippen molar-refractivity contribution < 1.29 is 14.3 Å². The second kappa shape index (κ2) is 5.95. The van der Waals surface area contributed by atoms with Crippen LogP contribution in [0.5, 0.6) is 0 Å². The van der Waals surface area contributed by atoms with E-state index in [-0.39, 0.29) is 18.4 Å². The van der Waals surface area contributed by atoms with E-state index in [2.05, 4.69) is 10.6 Å².